The molecule has 0 unspecified atom stereocenters. The van der Waals surface area contributed by atoms with Crippen LogP contribution < -0.4 is 10.0 Å². The highest BCUT2D eigenvalue weighted by Gasteiger charge is 2.19. The molecule has 0 radical (unpaired) electrons. The number of unbranched alkanes of at least 4 members (excludes halogenated alkanes) is 1. The predicted molar refractivity (Wildman–Crippen MR) is 125 cm³/mol. The van der Waals surface area contributed by atoms with Gasteiger partial charge in [-0.3, -0.25) is 9.52 Å². The third kappa shape index (κ3) is 6.92. The second-order valence-corrected chi connectivity index (χ2v) is 10.3. The van der Waals surface area contributed by atoms with Gasteiger partial charge >= 0.3 is 0 Å². The fourth-order valence-electron chi connectivity index (χ4n) is 3.62. The Morgan fingerprint density at radius 3 is 2.50 bits per heavy atom. The van der Waals surface area contributed by atoms with Crippen molar-refractivity contribution in [1.82, 2.24) is 10.2 Å². The van der Waals surface area contributed by atoms with Gasteiger partial charge in [-0.1, -0.05) is 18.5 Å². The molecule has 2 N–H and O–H groups in total. The fraction of sp³-hybridized carbons (Fsp3) is 0.435. The summed E-state index contributed by atoms with van der Waals surface area (Å²) in [6.45, 7) is 6.07. The van der Waals surface area contributed by atoms with Crippen molar-refractivity contribution in [2.75, 3.05) is 30.9 Å². The number of carbonyl (C=O) groups is 1. The highest BCUT2D eigenvalue weighted by Crippen LogP contribution is 2.23. The quantitative estimate of drug-likeness (QED) is 0.516. The molecule has 1 aliphatic rings. The Bertz CT molecular complexity index is 1020. The summed E-state index contributed by atoms with van der Waals surface area (Å²) < 4.78 is 40.7. The minimum Gasteiger partial charge on any atom is -0.352 e. The lowest BCUT2D eigenvalue weighted by molar-refractivity contribution is 0.0952. The third-order valence-corrected chi connectivity index (χ3v) is 7.36. The number of carbonyl (C=O) groups excluding carboxylic acids is 1. The number of nitrogens with zero attached hydrogens (tertiary/aromatic N) is 1. The highest BCUT2D eigenvalue weighted by atomic mass is 35.5. The average Bonchev–Trinajstić information content (AvgIpc) is 2.76. The van der Waals surface area contributed by atoms with Crippen molar-refractivity contribution in [2.24, 2.45) is 5.92 Å². The van der Waals surface area contributed by atoms with Crippen LogP contribution in [0.5, 0.6) is 0 Å². The van der Waals surface area contributed by atoms with E-state index in [1.807, 2.05) is 0 Å². The summed E-state index contributed by atoms with van der Waals surface area (Å²) in [5.74, 6) is -0.0784. The summed E-state index contributed by atoms with van der Waals surface area (Å²) in [7, 11) is -3.96. The van der Waals surface area contributed by atoms with E-state index < -0.39 is 21.7 Å². The van der Waals surface area contributed by atoms with Crippen LogP contribution in [0.3, 0.4) is 0 Å². The zero-order chi connectivity index (χ0) is 23.1. The number of hydrogen-bond acceptors (Lipinski definition) is 4. The van der Waals surface area contributed by atoms with Gasteiger partial charge in [-0.15, -0.1) is 0 Å². The van der Waals surface area contributed by atoms with E-state index in [-0.39, 0.29) is 21.2 Å². The van der Waals surface area contributed by atoms with Crippen molar-refractivity contribution < 1.29 is 17.6 Å². The SMILES string of the molecule is CC1CCN(CCCCNC(=O)c2cc(S(=O)(=O)Nc3ccc(F)cc3)ccc2Cl)CC1. The van der Waals surface area contributed by atoms with E-state index in [1.54, 1.807) is 0 Å². The number of piperidine rings is 1. The molecular formula is C23H29ClFN3O3S. The zero-order valence-corrected chi connectivity index (χ0v) is 19.7. The van der Waals surface area contributed by atoms with E-state index in [0.717, 1.165) is 50.5 Å². The molecule has 174 valence electrons. The lowest BCUT2D eigenvalue weighted by atomic mass is 9.99. The van der Waals surface area contributed by atoms with Gasteiger partial charge in [0.1, 0.15) is 5.82 Å². The van der Waals surface area contributed by atoms with Gasteiger partial charge < -0.3 is 10.2 Å². The molecule has 3 rings (SSSR count). The molecule has 0 bridgehead atoms. The van der Waals surface area contributed by atoms with Crippen LogP contribution >= 0.6 is 11.6 Å². The third-order valence-electron chi connectivity index (χ3n) is 5.65. The number of rotatable bonds is 9. The summed E-state index contributed by atoms with van der Waals surface area (Å²) in [5.41, 5.74) is 0.314. The Morgan fingerprint density at radius 2 is 1.81 bits per heavy atom. The van der Waals surface area contributed by atoms with Gasteiger partial charge in [0.15, 0.2) is 0 Å². The first-order valence-electron chi connectivity index (χ1n) is 10.8. The molecule has 0 aliphatic carbocycles. The molecule has 0 spiro atoms. The maximum Gasteiger partial charge on any atom is 0.261 e. The number of amides is 1. The van der Waals surface area contributed by atoms with Crippen molar-refractivity contribution in [1.29, 1.82) is 0 Å². The number of halogens is 2. The molecule has 0 atom stereocenters. The number of hydrogen-bond donors (Lipinski definition) is 2. The molecule has 0 aromatic heterocycles. The standard InChI is InChI=1S/C23H29ClFN3O3S/c1-17-10-14-28(15-11-17)13-3-2-12-26-23(29)21-16-20(8-9-22(21)24)32(30,31)27-19-6-4-18(25)5-7-19/h4-9,16-17,27H,2-3,10-15H2,1H3,(H,26,29). The molecule has 0 saturated carbocycles. The Hall–Kier alpha value is -2.16. The van der Waals surface area contributed by atoms with E-state index >= 15 is 0 Å². The van der Waals surface area contributed by atoms with Crippen LogP contribution in [-0.4, -0.2) is 45.4 Å². The molecule has 1 heterocycles. The number of sulfonamides is 1. The summed E-state index contributed by atoms with van der Waals surface area (Å²) >= 11 is 6.15. The Balaban J connectivity index is 1.53. The van der Waals surface area contributed by atoms with Gasteiger partial charge in [0.05, 0.1) is 15.5 Å². The second kappa shape index (κ2) is 11.1. The molecule has 2 aromatic carbocycles. The number of nitrogens with one attached hydrogen (secondary N) is 2. The Labute approximate surface area is 194 Å². The van der Waals surface area contributed by atoms with Gasteiger partial charge in [0.2, 0.25) is 0 Å². The van der Waals surface area contributed by atoms with Crippen molar-refractivity contribution in [2.45, 2.75) is 37.5 Å². The molecule has 1 aliphatic heterocycles. The molecule has 9 heteroatoms. The van der Waals surface area contributed by atoms with Crippen LogP contribution in [-0.2, 0) is 10.0 Å². The first kappa shape index (κ1) is 24.5. The van der Waals surface area contributed by atoms with Crippen LogP contribution in [0.4, 0.5) is 10.1 Å². The average molecular weight is 482 g/mol. The number of likely N-dealkylation sites (tertiary alicyclic amines) is 1. The summed E-state index contributed by atoms with van der Waals surface area (Å²) in [6, 6.07) is 8.91. The van der Waals surface area contributed by atoms with Crippen LogP contribution in [0.2, 0.25) is 5.02 Å². The second-order valence-electron chi connectivity index (χ2n) is 8.24. The smallest absolute Gasteiger partial charge is 0.261 e. The fourth-order valence-corrected chi connectivity index (χ4v) is 4.91. The van der Waals surface area contributed by atoms with Gasteiger partial charge in [-0.05, 0) is 93.7 Å². The van der Waals surface area contributed by atoms with E-state index in [0.29, 0.717) is 6.54 Å². The Kier molecular flexibility index (Phi) is 8.51. The molecule has 32 heavy (non-hydrogen) atoms. The largest absolute Gasteiger partial charge is 0.352 e. The Morgan fingerprint density at radius 1 is 1.12 bits per heavy atom. The van der Waals surface area contributed by atoms with E-state index in [2.05, 4.69) is 21.9 Å². The lowest BCUT2D eigenvalue weighted by Gasteiger charge is -2.30. The molecule has 6 nitrogen and oxygen atoms in total. The topological polar surface area (TPSA) is 78.5 Å². The van der Waals surface area contributed by atoms with Crippen LogP contribution in [0.15, 0.2) is 47.4 Å². The maximum absolute atomic E-state index is 13.0. The molecule has 1 fully saturated rings. The summed E-state index contributed by atoms with van der Waals surface area (Å²) in [6.07, 6.45) is 4.30. The summed E-state index contributed by atoms with van der Waals surface area (Å²) in [5, 5.41) is 2.99. The van der Waals surface area contributed by atoms with Crippen LogP contribution in [0, 0.1) is 11.7 Å². The van der Waals surface area contributed by atoms with Gasteiger partial charge in [-0.25, -0.2) is 12.8 Å². The first-order valence-corrected chi connectivity index (χ1v) is 12.7. The molecule has 2 aromatic rings. The van der Waals surface area contributed by atoms with Crippen LogP contribution in [0.1, 0.15) is 43.0 Å². The van der Waals surface area contributed by atoms with Crippen molar-refractivity contribution in [3.05, 3.63) is 58.9 Å². The molecule has 1 saturated heterocycles. The molecular weight excluding hydrogens is 453 g/mol. The van der Waals surface area contributed by atoms with E-state index in [9.17, 15) is 17.6 Å². The van der Waals surface area contributed by atoms with Crippen molar-refractivity contribution in [3.8, 4) is 0 Å². The number of anilines is 1. The lowest BCUT2D eigenvalue weighted by Crippen LogP contribution is -2.34. The van der Waals surface area contributed by atoms with Crippen LogP contribution in [0.25, 0.3) is 0 Å². The minimum atomic E-state index is -3.96. The van der Waals surface area contributed by atoms with Gasteiger partial charge in [0, 0.05) is 12.2 Å². The van der Waals surface area contributed by atoms with Gasteiger partial charge in [-0.2, -0.15) is 0 Å². The number of benzene rings is 2. The first-order chi connectivity index (χ1) is 15.2. The monoisotopic (exact) mass is 481 g/mol. The summed E-state index contributed by atoms with van der Waals surface area (Å²) in [4.78, 5) is 14.9. The highest BCUT2D eigenvalue weighted by molar-refractivity contribution is 7.92. The minimum absolute atomic E-state index is 0.0960. The zero-order valence-electron chi connectivity index (χ0n) is 18.1. The molecule has 1 amide bonds. The van der Waals surface area contributed by atoms with Gasteiger partial charge in [0.25, 0.3) is 15.9 Å². The predicted octanol–water partition coefficient (Wildman–Crippen LogP) is 4.52. The van der Waals surface area contributed by atoms with E-state index in [1.165, 1.54) is 43.2 Å². The normalized spacial score (nSPS) is 15.5. The van der Waals surface area contributed by atoms with Crippen molar-refractivity contribution >= 4 is 33.2 Å². The maximum atomic E-state index is 13.0. The van der Waals surface area contributed by atoms with E-state index in [4.69, 9.17) is 11.6 Å². The van der Waals surface area contributed by atoms with Crippen molar-refractivity contribution in [3.63, 3.8) is 0 Å².